The third-order valence-corrected chi connectivity index (χ3v) is 4.03. The Morgan fingerprint density at radius 2 is 1.86 bits per heavy atom. The highest BCUT2D eigenvalue weighted by Crippen LogP contribution is 2.15. The van der Waals surface area contributed by atoms with Gasteiger partial charge in [-0.25, -0.2) is 9.78 Å². The van der Waals surface area contributed by atoms with Crippen molar-refractivity contribution >= 4 is 11.2 Å². The molecular formula is C14H23N5O2. The zero-order valence-corrected chi connectivity index (χ0v) is 13.0. The molecule has 0 amide bonds. The Labute approximate surface area is 123 Å². The number of nitrogens with zero attached hydrogens (tertiary/aromatic N) is 4. The topological polar surface area (TPSA) is 87.8 Å². The maximum Gasteiger partial charge on any atom is 0.333 e. The van der Waals surface area contributed by atoms with Gasteiger partial charge in [0.15, 0.2) is 11.2 Å². The number of rotatable bonds is 5. The molecule has 0 bridgehead atoms. The second kappa shape index (κ2) is 5.85. The van der Waals surface area contributed by atoms with E-state index < -0.39 is 0 Å². The molecule has 0 aromatic carbocycles. The number of fused-ring (bicyclic) bond motifs is 1. The van der Waals surface area contributed by atoms with Crippen LogP contribution in [0.5, 0.6) is 0 Å². The van der Waals surface area contributed by atoms with Gasteiger partial charge in [-0.2, -0.15) is 0 Å². The normalized spacial score (nSPS) is 14.5. The number of aryl methyl sites for hydroxylation is 1. The fraction of sp³-hybridized carbons (Fsp3) is 0.643. The van der Waals surface area contributed by atoms with E-state index in [0.29, 0.717) is 17.7 Å². The maximum absolute atomic E-state index is 12.7. The lowest BCUT2D eigenvalue weighted by Crippen LogP contribution is -2.44. The summed E-state index contributed by atoms with van der Waals surface area (Å²) >= 11 is 0. The summed E-state index contributed by atoms with van der Waals surface area (Å²) in [5.41, 5.74) is 5.94. The summed E-state index contributed by atoms with van der Waals surface area (Å²) in [6, 6.07) is -0.373. The van der Waals surface area contributed by atoms with E-state index in [-0.39, 0.29) is 29.9 Å². The van der Waals surface area contributed by atoms with Crippen LogP contribution in [0.15, 0.2) is 15.9 Å². The van der Waals surface area contributed by atoms with Gasteiger partial charge in [0.05, 0.1) is 12.4 Å². The predicted molar refractivity (Wildman–Crippen MR) is 82.7 cm³/mol. The van der Waals surface area contributed by atoms with E-state index in [1.165, 1.54) is 4.57 Å². The van der Waals surface area contributed by atoms with Gasteiger partial charge in [-0.1, -0.05) is 6.92 Å². The molecule has 2 rings (SSSR count). The van der Waals surface area contributed by atoms with E-state index in [4.69, 9.17) is 5.73 Å². The van der Waals surface area contributed by atoms with Crippen molar-refractivity contribution in [2.24, 2.45) is 5.73 Å². The van der Waals surface area contributed by atoms with Crippen LogP contribution in [0.3, 0.4) is 0 Å². The van der Waals surface area contributed by atoms with Crippen LogP contribution < -0.4 is 17.0 Å². The fourth-order valence-corrected chi connectivity index (χ4v) is 2.49. The molecule has 2 aromatic heterocycles. The number of aromatic nitrogens is 4. The van der Waals surface area contributed by atoms with Gasteiger partial charge >= 0.3 is 5.69 Å². The second-order valence-corrected chi connectivity index (χ2v) is 5.37. The van der Waals surface area contributed by atoms with Gasteiger partial charge < -0.3 is 10.3 Å². The van der Waals surface area contributed by atoms with Crippen LogP contribution in [0.2, 0.25) is 0 Å². The Balaban J connectivity index is 2.98. The molecule has 2 atom stereocenters. The fourth-order valence-electron chi connectivity index (χ4n) is 2.49. The molecule has 0 saturated heterocycles. The summed E-state index contributed by atoms with van der Waals surface area (Å²) in [6.07, 6.45) is 2.39. The summed E-state index contributed by atoms with van der Waals surface area (Å²) in [4.78, 5) is 29.7. The number of hydrogen-bond acceptors (Lipinski definition) is 4. The Hall–Kier alpha value is -1.89. The first kappa shape index (κ1) is 15.5. The van der Waals surface area contributed by atoms with Crippen LogP contribution in [0, 0.1) is 0 Å². The van der Waals surface area contributed by atoms with Gasteiger partial charge in [0.25, 0.3) is 5.56 Å². The van der Waals surface area contributed by atoms with Gasteiger partial charge in [-0.15, -0.1) is 0 Å². The quantitative estimate of drug-likeness (QED) is 0.886. The van der Waals surface area contributed by atoms with Gasteiger partial charge in [-0.3, -0.25) is 13.9 Å². The molecule has 0 aliphatic rings. The molecule has 2 aromatic rings. The Morgan fingerprint density at radius 1 is 1.19 bits per heavy atom. The first-order valence-corrected chi connectivity index (χ1v) is 7.39. The molecule has 0 spiro atoms. The summed E-state index contributed by atoms with van der Waals surface area (Å²) in [6.45, 7) is 8.54. The van der Waals surface area contributed by atoms with Crippen LogP contribution in [0.4, 0.5) is 0 Å². The molecule has 2 N–H and O–H groups in total. The first-order chi connectivity index (χ1) is 9.97. The van der Waals surface area contributed by atoms with Crippen molar-refractivity contribution in [2.45, 2.75) is 52.7 Å². The minimum Gasteiger partial charge on any atom is -0.328 e. The highest BCUT2D eigenvalue weighted by atomic mass is 16.2. The largest absolute Gasteiger partial charge is 0.333 e. The third-order valence-electron chi connectivity index (χ3n) is 4.03. The van der Waals surface area contributed by atoms with Gasteiger partial charge in [0.1, 0.15) is 0 Å². The SMILES string of the molecule is CCC(C)n1c(=O)n(C(C)CN)c(=O)c2c1ncn2CC. The summed E-state index contributed by atoms with van der Waals surface area (Å²) in [5, 5.41) is 0. The molecule has 2 unspecified atom stereocenters. The molecule has 2 heterocycles. The molecule has 0 aliphatic carbocycles. The molecule has 116 valence electrons. The van der Waals surface area contributed by atoms with Gasteiger partial charge in [-0.05, 0) is 27.2 Å². The van der Waals surface area contributed by atoms with Gasteiger partial charge in [0.2, 0.25) is 0 Å². The van der Waals surface area contributed by atoms with E-state index in [0.717, 1.165) is 6.42 Å². The lowest BCUT2D eigenvalue weighted by molar-refractivity contribution is 0.448. The summed E-state index contributed by atoms with van der Waals surface area (Å²) in [7, 11) is 0. The van der Waals surface area contributed by atoms with E-state index in [1.54, 1.807) is 22.4 Å². The smallest absolute Gasteiger partial charge is 0.328 e. The average molecular weight is 293 g/mol. The first-order valence-electron chi connectivity index (χ1n) is 7.39. The van der Waals surface area contributed by atoms with Crippen LogP contribution in [-0.2, 0) is 6.54 Å². The van der Waals surface area contributed by atoms with Crippen LogP contribution in [0.25, 0.3) is 11.2 Å². The summed E-state index contributed by atoms with van der Waals surface area (Å²) in [5.74, 6) is 0. The number of nitrogens with two attached hydrogens (primary N) is 1. The minimum atomic E-state index is -0.343. The standard InChI is InChI=1S/C14H23N5O2/c1-5-9(3)18-12-11(17(6-2)8-16-12)13(20)19(14(18)21)10(4)7-15/h8-10H,5-7,15H2,1-4H3. The zero-order valence-electron chi connectivity index (χ0n) is 13.0. The average Bonchev–Trinajstić information content (AvgIpc) is 2.90. The van der Waals surface area contributed by atoms with Crippen LogP contribution in [0.1, 0.15) is 46.2 Å². The highest BCUT2D eigenvalue weighted by molar-refractivity contribution is 5.70. The Bertz CT molecular complexity index is 755. The predicted octanol–water partition coefficient (Wildman–Crippen LogP) is 0.870. The number of hydrogen-bond donors (Lipinski definition) is 1. The summed E-state index contributed by atoms with van der Waals surface area (Å²) < 4.78 is 4.63. The molecule has 0 saturated carbocycles. The monoisotopic (exact) mass is 293 g/mol. The molecule has 0 aliphatic heterocycles. The van der Waals surface area contributed by atoms with Crippen molar-refractivity contribution in [1.82, 2.24) is 18.7 Å². The third kappa shape index (κ3) is 2.31. The lowest BCUT2D eigenvalue weighted by Gasteiger charge is -2.19. The van der Waals surface area contributed by atoms with Crippen molar-refractivity contribution in [2.75, 3.05) is 6.54 Å². The molecule has 0 fully saturated rings. The van der Waals surface area contributed by atoms with E-state index >= 15 is 0 Å². The van der Waals surface area contributed by atoms with Crippen molar-refractivity contribution in [3.05, 3.63) is 27.2 Å². The molecule has 21 heavy (non-hydrogen) atoms. The van der Waals surface area contributed by atoms with E-state index in [2.05, 4.69) is 4.98 Å². The van der Waals surface area contributed by atoms with Crippen LogP contribution >= 0.6 is 0 Å². The van der Waals surface area contributed by atoms with E-state index in [9.17, 15) is 9.59 Å². The van der Waals surface area contributed by atoms with Gasteiger partial charge in [0, 0.05) is 19.1 Å². The number of imidazole rings is 1. The zero-order chi connectivity index (χ0) is 15.7. The van der Waals surface area contributed by atoms with Crippen molar-refractivity contribution in [3.63, 3.8) is 0 Å². The highest BCUT2D eigenvalue weighted by Gasteiger charge is 2.22. The lowest BCUT2D eigenvalue weighted by atomic mass is 10.2. The Kier molecular flexibility index (Phi) is 4.32. The molecule has 7 nitrogen and oxygen atoms in total. The minimum absolute atomic E-state index is 0.0305. The maximum atomic E-state index is 12.7. The van der Waals surface area contributed by atoms with Crippen molar-refractivity contribution < 1.29 is 0 Å². The molecular weight excluding hydrogens is 270 g/mol. The molecule has 7 heteroatoms. The molecule has 0 radical (unpaired) electrons. The Morgan fingerprint density at radius 3 is 2.38 bits per heavy atom. The second-order valence-electron chi connectivity index (χ2n) is 5.37. The van der Waals surface area contributed by atoms with Crippen molar-refractivity contribution in [3.8, 4) is 0 Å². The van der Waals surface area contributed by atoms with Crippen molar-refractivity contribution in [1.29, 1.82) is 0 Å². The van der Waals surface area contributed by atoms with E-state index in [1.807, 2.05) is 20.8 Å². The van der Waals surface area contributed by atoms with Crippen LogP contribution in [-0.4, -0.2) is 25.2 Å².